The van der Waals surface area contributed by atoms with Crippen LogP contribution >= 0.6 is 28.1 Å². The zero-order valence-electron chi connectivity index (χ0n) is 9.53. The van der Waals surface area contributed by atoms with E-state index in [1.165, 1.54) is 0 Å². The Kier molecular flexibility index (Phi) is 3.63. The van der Waals surface area contributed by atoms with Crippen molar-refractivity contribution in [2.24, 2.45) is 0 Å². The summed E-state index contributed by atoms with van der Waals surface area (Å²) < 4.78 is 8.78. The first-order valence-corrected chi connectivity index (χ1v) is 6.37. The number of nitrogens with one attached hydrogen (secondary N) is 1. The Morgan fingerprint density at radius 3 is 2.94 bits per heavy atom. The van der Waals surface area contributed by atoms with Gasteiger partial charge in [0.1, 0.15) is 11.6 Å². The van der Waals surface area contributed by atoms with Crippen molar-refractivity contribution in [2.75, 3.05) is 7.11 Å². The highest BCUT2D eigenvalue weighted by atomic mass is 79.9. The Morgan fingerprint density at radius 1 is 1.53 bits per heavy atom. The number of ether oxygens (including phenoxy) is 1. The van der Waals surface area contributed by atoms with Gasteiger partial charge in [0.05, 0.1) is 12.8 Å². The van der Waals surface area contributed by atoms with Gasteiger partial charge in [-0.3, -0.25) is 9.67 Å². The molecule has 90 valence electrons. The van der Waals surface area contributed by atoms with Crippen LogP contribution in [0, 0.1) is 4.77 Å². The lowest BCUT2D eigenvalue weighted by molar-refractivity contribution is 0.412. The summed E-state index contributed by atoms with van der Waals surface area (Å²) in [7, 11) is 1.64. The van der Waals surface area contributed by atoms with Gasteiger partial charge in [0, 0.05) is 10.9 Å². The second kappa shape index (κ2) is 5.01. The highest BCUT2D eigenvalue weighted by molar-refractivity contribution is 9.10. The number of aryl methyl sites for hydroxylation is 1. The molecule has 0 amide bonds. The van der Waals surface area contributed by atoms with E-state index in [-0.39, 0.29) is 0 Å². The van der Waals surface area contributed by atoms with Crippen molar-refractivity contribution in [3.05, 3.63) is 33.3 Å². The largest absolute Gasteiger partial charge is 0.495 e. The number of H-pyrrole nitrogens is 1. The number of hydrogen-bond donors (Lipinski definition) is 1. The van der Waals surface area contributed by atoms with Crippen LogP contribution in [0.15, 0.2) is 22.7 Å². The Labute approximate surface area is 113 Å². The molecule has 6 heteroatoms. The Bertz CT molecular complexity index is 591. The Balaban J connectivity index is 2.70. The number of halogens is 1. The normalized spacial score (nSPS) is 10.5. The van der Waals surface area contributed by atoms with Crippen LogP contribution in [-0.2, 0) is 6.42 Å². The van der Waals surface area contributed by atoms with Gasteiger partial charge in [0.15, 0.2) is 4.77 Å². The molecule has 0 aliphatic carbocycles. The fraction of sp³-hybridized carbons (Fsp3) is 0.273. The zero-order chi connectivity index (χ0) is 12.4. The summed E-state index contributed by atoms with van der Waals surface area (Å²) in [4.78, 5) is 0. The topological polar surface area (TPSA) is 42.8 Å². The first-order chi connectivity index (χ1) is 8.17. The van der Waals surface area contributed by atoms with Gasteiger partial charge in [-0.2, -0.15) is 5.10 Å². The van der Waals surface area contributed by atoms with Crippen molar-refractivity contribution >= 4 is 28.1 Å². The molecular formula is C11H12BrN3OS. The maximum atomic E-state index is 5.35. The third kappa shape index (κ3) is 2.28. The SMILES string of the molecule is CCc1n[nH]c(=S)n1-c1cc(Br)ccc1OC. The first-order valence-electron chi connectivity index (χ1n) is 5.17. The van der Waals surface area contributed by atoms with Crippen LogP contribution < -0.4 is 4.74 Å². The summed E-state index contributed by atoms with van der Waals surface area (Å²) in [6.45, 7) is 2.03. The van der Waals surface area contributed by atoms with Crippen molar-refractivity contribution in [2.45, 2.75) is 13.3 Å². The average Bonchev–Trinajstić information content (AvgIpc) is 2.70. The molecule has 0 radical (unpaired) electrons. The molecule has 17 heavy (non-hydrogen) atoms. The van der Waals surface area contributed by atoms with Crippen LogP contribution in [0.2, 0.25) is 0 Å². The quantitative estimate of drug-likeness (QED) is 0.884. The Morgan fingerprint density at radius 2 is 2.29 bits per heavy atom. The molecule has 0 atom stereocenters. The van der Waals surface area contributed by atoms with Gasteiger partial charge in [-0.15, -0.1) is 0 Å². The summed E-state index contributed by atoms with van der Waals surface area (Å²) in [5, 5.41) is 6.99. The fourth-order valence-electron chi connectivity index (χ4n) is 1.65. The highest BCUT2D eigenvalue weighted by Crippen LogP contribution is 2.27. The van der Waals surface area contributed by atoms with Crippen LogP contribution in [0.5, 0.6) is 5.75 Å². The molecule has 4 nitrogen and oxygen atoms in total. The molecule has 0 saturated carbocycles. The molecule has 0 aliphatic rings. The average molecular weight is 314 g/mol. The van der Waals surface area contributed by atoms with E-state index in [0.717, 1.165) is 28.2 Å². The van der Waals surface area contributed by atoms with Gasteiger partial charge in [0.25, 0.3) is 0 Å². The lowest BCUT2D eigenvalue weighted by Gasteiger charge is -2.11. The molecule has 1 aromatic carbocycles. The number of benzene rings is 1. The van der Waals surface area contributed by atoms with Crippen LogP contribution in [0.3, 0.4) is 0 Å². The summed E-state index contributed by atoms with van der Waals surface area (Å²) in [5.41, 5.74) is 0.887. The monoisotopic (exact) mass is 313 g/mol. The number of hydrogen-bond acceptors (Lipinski definition) is 3. The molecule has 0 spiro atoms. The van der Waals surface area contributed by atoms with Gasteiger partial charge < -0.3 is 4.74 Å². The van der Waals surface area contributed by atoms with Crippen LogP contribution in [0.25, 0.3) is 5.69 Å². The molecule has 2 rings (SSSR count). The highest BCUT2D eigenvalue weighted by Gasteiger charge is 2.11. The van der Waals surface area contributed by atoms with Crippen molar-refractivity contribution in [1.82, 2.24) is 14.8 Å². The first kappa shape index (κ1) is 12.3. The molecule has 2 aromatic rings. The van der Waals surface area contributed by atoms with Gasteiger partial charge in [-0.25, -0.2) is 0 Å². The number of aromatic amines is 1. The van der Waals surface area contributed by atoms with Crippen LogP contribution in [0.4, 0.5) is 0 Å². The van der Waals surface area contributed by atoms with Crippen molar-refractivity contribution in [3.63, 3.8) is 0 Å². The molecule has 0 aliphatic heterocycles. The van der Waals surface area contributed by atoms with E-state index in [9.17, 15) is 0 Å². The molecule has 0 fully saturated rings. The minimum atomic E-state index is 0.568. The van der Waals surface area contributed by atoms with E-state index < -0.39 is 0 Å². The number of methoxy groups -OCH3 is 1. The lowest BCUT2D eigenvalue weighted by atomic mass is 10.3. The third-order valence-electron chi connectivity index (χ3n) is 2.44. The maximum absolute atomic E-state index is 5.35. The van der Waals surface area contributed by atoms with Crippen molar-refractivity contribution in [1.29, 1.82) is 0 Å². The van der Waals surface area contributed by atoms with Crippen molar-refractivity contribution < 1.29 is 4.74 Å². The summed E-state index contributed by atoms with van der Waals surface area (Å²) in [6.07, 6.45) is 0.794. The molecular weight excluding hydrogens is 302 g/mol. The molecule has 1 heterocycles. The van der Waals surface area contributed by atoms with E-state index >= 15 is 0 Å². The molecule has 0 saturated heterocycles. The van der Waals surface area contributed by atoms with E-state index in [2.05, 4.69) is 26.1 Å². The van der Waals surface area contributed by atoms with E-state index in [1.807, 2.05) is 29.7 Å². The third-order valence-corrected chi connectivity index (χ3v) is 3.21. The minimum Gasteiger partial charge on any atom is -0.495 e. The second-order valence-corrected chi connectivity index (χ2v) is 4.75. The van der Waals surface area contributed by atoms with Crippen LogP contribution in [0.1, 0.15) is 12.7 Å². The zero-order valence-corrected chi connectivity index (χ0v) is 11.9. The smallest absolute Gasteiger partial charge is 0.199 e. The second-order valence-electron chi connectivity index (χ2n) is 3.45. The summed E-state index contributed by atoms with van der Waals surface area (Å²) in [5.74, 6) is 1.65. The van der Waals surface area contributed by atoms with Crippen molar-refractivity contribution in [3.8, 4) is 11.4 Å². The van der Waals surface area contributed by atoms with E-state index in [4.69, 9.17) is 17.0 Å². The number of rotatable bonds is 3. The predicted octanol–water partition coefficient (Wildman–Crippen LogP) is 3.26. The van der Waals surface area contributed by atoms with Gasteiger partial charge >= 0.3 is 0 Å². The van der Waals surface area contributed by atoms with E-state index in [0.29, 0.717) is 4.77 Å². The predicted molar refractivity (Wildman–Crippen MR) is 72.4 cm³/mol. The van der Waals surface area contributed by atoms with E-state index in [1.54, 1.807) is 7.11 Å². The fourth-order valence-corrected chi connectivity index (χ4v) is 2.25. The molecule has 0 unspecified atom stereocenters. The molecule has 1 N–H and O–H groups in total. The number of nitrogens with zero attached hydrogens (tertiary/aromatic N) is 2. The number of aromatic nitrogens is 3. The standard InChI is InChI=1S/C11H12BrN3OS/c1-3-10-13-14-11(17)15(10)8-6-7(12)4-5-9(8)16-2/h4-6H,3H2,1-2H3,(H,14,17). The summed E-state index contributed by atoms with van der Waals surface area (Å²) >= 11 is 8.69. The molecule has 1 aromatic heterocycles. The lowest BCUT2D eigenvalue weighted by Crippen LogP contribution is -2.02. The van der Waals surface area contributed by atoms with Crippen LogP contribution in [-0.4, -0.2) is 21.9 Å². The minimum absolute atomic E-state index is 0.568. The van der Waals surface area contributed by atoms with Gasteiger partial charge in [0.2, 0.25) is 0 Å². The summed E-state index contributed by atoms with van der Waals surface area (Å²) in [6, 6.07) is 5.79. The van der Waals surface area contributed by atoms with Gasteiger partial charge in [-0.05, 0) is 30.4 Å². The maximum Gasteiger partial charge on any atom is 0.199 e. The molecule has 0 bridgehead atoms. The van der Waals surface area contributed by atoms with Gasteiger partial charge in [-0.1, -0.05) is 22.9 Å². The Hall–Kier alpha value is -1.14.